The molecule has 0 amide bonds. The van der Waals surface area contributed by atoms with E-state index in [-0.39, 0.29) is 0 Å². The summed E-state index contributed by atoms with van der Waals surface area (Å²) >= 11 is 0. The molecule has 1 unspecified atom stereocenters. The summed E-state index contributed by atoms with van der Waals surface area (Å²) in [4.78, 5) is 0. The first kappa shape index (κ1) is 14.5. The van der Waals surface area contributed by atoms with Gasteiger partial charge in [-0.05, 0) is 31.2 Å². The topological polar surface area (TPSA) is 55.9 Å². The molecule has 4 heteroatoms. The third-order valence-corrected chi connectivity index (χ3v) is 5.22. The lowest BCUT2D eigenvalue weighted by molar-refractivity contribution is 0.219. The van der Waals surface area contributed by atoms with Crippen LogP contribution in [-0.4, -0.2) is 15.8 Å². The molecule has 0 radical (unpaired) electrons. The summed E-state index contributed by atoms with van der Waals surface area (Å²) in [6.45, 7) is 5.40. The largest absolute Gasteiger partial charge is 0.271 e. The highest BCUT2D eigenvalue weighted by atomic mass is 15.3. The van der Waals surface area contributed by atoms with Crippen molar-refractivity contribution in [2.75, 3.05) is 0 Å². The lowest BCUT2D eigenvalue weighted by atomic mass is 9.78. The second-order valence-electron chi connectivity index (χ2n) is 6.56. The normalized spacial score (nSPS) is 19.2. The van der Waals surface area contributed by atoms with Crippen LogP contribution in [0.5, 0.6) is 0 Å². The number of aromatic nitrogens is 2. The van der Waals surface area contributed by atoms with Crippen molar-refractivity contribution in [1.29, 1.82) is 0 Å². The van der Waals surface area contributed by atoms with Crippen molar-refractivity contribution in [1.82, 2.24) is 15.2 Å². The smallest absolute Gasteiger partial charge is 0.0719 e. The standard InChI is InChI=1S/C17H26N4/c1-3-21-15-9-5-4-8-13(15)14(20-21)12-16(19-18)17(2)10-6-7-11-17/h4-5,8-9,16,19H,3,6-7,10-12,18H2,1-2H3. The van der Waals surface area contributed by atoms with E-state index in [0.717, 1.165) is 13.0 Å². The van der Waals surface area contributed by atoms with E-state index in [1.165, 1.54) is 42.3 Å². The van der Waals surface area contributed by atoms with Gasteiger partial charge in [-0.25, -0.2) is 0 Å². The van der Waals surface area contributed by atoms with Crippen molar-refractivity contribution in [3.63, 3.8) is 0 Å². The van der Waals surface area contributed by atoms with Crippen LogP contribution in [0.2, 0.25) is 0 Å². The quantitative estimate of drug-likeness (QED) is 0.656. The molecule has 1 aliphatic rings. The average molecular weight is 286 g/mol. The molecule has 1 atom stereocenters. The lowest BCUT2D eigenvalue weighted by Gasteiger charge is -2.33. The predicted octanol–water partition coefficient (Wildman–Crippen LogP) is 3.01. The summed E-state index contributed by atoms with van der Waals surface area (Å²) in [6, 6.07) is 8.79. The Morgan fingerprint density at radius 2 is 2.05 bits per heavy atom. The summed E-state index contributed by atoms with van der Waals surface area (Å²) in [5, 5.41) is 6.08. The van der Waals surface area contributed by atoms with Gasteiger partial charge in [-0.3, -0.25) is 16.0 Å². The number of nitrogens with one attached hydrogen (secondary N) is 1. The molecule has 1 saturated carbocycles. The van der Waals surface area contributed by atoms with Crippen molar-refractivity contribution in [3.8, 4) is 0 Å². The third kappa shape index (κ3) is 2.58. The molecule has 0 saturated heterocycles. The van der Waals surface area contributed by atoms with Crippen molar-refractivity contribution < 1.29 is 0 Å². The molecule has 21 heavy (non-hydrogen) atoms. The molecular formula is C17H26N4. The molecule has 1 aliphatic carbocycles. The maximum Gasteiger partial charge on any atom is 0.0719 e. The van der Waals surface area contributed by atoms with Crippen molar-refractivity contribution in [2.24, 2.45) is 11.3 Å². The number of aryl methyl sites for hydroxylation is 1. The number of hydrogen-bond acceptors (Lipinski definition) is 3. The molecule has 114 valence electrons. The monoisotopic (exact) mass is 286 g/mol. The van der Waals surface area contributed by atoms with Crippen LogP contribution in [0, 0.1) is 5.41 Å². The highest BCUT2D eigenvalue weighted by Gasteiger charge is 2.37. The number of fused-ring (bicyclic) bond motifs is 1. The van der Waals surface area contributed by atoms with Crippen molar-refractivity contribution in [2.45, 2.75) is 58.5 Å². The Morgan fingerprint density at radius 3 is 2.71 bits per heavy atom. The molecule has 1 heterocycles. The molecule has 2 aromatic rings. The Kier molecular flexibility index (Phi) is 4.00. The molecule has 3 rings (SSSR count). The zero-order chi connectivity index (χ0) is 14.9. The third-order valence-electron chi connectivity index (χ3n) is 5.22. The van der Waals surface area contributed by atoms with Gasteiger partial charge in [0.15, 0.2) is 0 Å². The van der Waals surface area contributed by atoms with E-state index in [1.54, 1.807) is 0 Å². The Morgan fingerprint density at radius 1 is 1.33 bits per heavy atom. The van der Waals surface area contributed by atoms with E-state index < -0.39 is 0 Å². The van der Waals surface area contributed by atoms with E-state index >= 15 is 0 Å². The fourth-order valence-corrected chi connectivity index (χ4v) is 3.82. The van der Waals surface area contributed by atoms with Gasteiger partial charge in [0.05, 0.1) is 11.2 Å². The number of nitrogens with two attached hydrogens (primary N) is 1. The van der Waals surface area contributed by atoms with Gasteiger partial charge in [-0.15, -0.1) is 0 Å². The number of rotatable bonds is 5. The molecule has 1 fully saturated rings. The number of benzene rings is 1. The number of para-hydroxylation sites is 1. The fraction of sp³-hybridized carbons (Fsp3) is 0.588. The number of hydrogen-bond donors (Lipinski definition) is 2. The zero-order valence-electron chi connectivity index (χ0n) is 13.1. The minimum absolute atomic E-state index is 0.295. The van der Waals surface area contributed by atoms with Crippen LogP contribution in [0.4, 0.5) is 0 Å². The highest BCUT2D eigenvalue weighted by molar-refractivity contribution is 5.82. The van der Waals surface area contributed by atoms with E-state index in [2.05, 4.69) is 48.2 Å². The Labute approximate surface area is 126 Å². The van der Waals surface area contributed by atoms with Gasteiger partial charge in [0, 0.05) is 24.4 Å². The first-order valence-corrected chi connectivity index (χ1v) is 8.08. The van der Waals surface area contributed by atoms with E-state index in [1.807, 2.05) is 0 Å². The van der Waals surface area contributed by atoms with Gasteiger partial charge in [0.1, 0.15) is 0 Å². The molecule has 3 N–H and O–H groups in total. The first-order valence-electron chi connectivity index (χ1n) is 8.08. The van der Waals surface area contributed by atoms with Crippen LogP contribution < -0.4 is 11.3 Å². The summed E-state index contributed by atoms with van der Waals surface area (Å²) in [6.07, 6.45) is 6.06. The Hall–Kier alpha value is -1.39. The number of hydrazine groups is 1. The van der Waals surface area contributed by atoms with Crippen LogP contribution in [-0.2, 0) is 13.0 Å². The van der Waals surface area contributed by atoms with Gasteiger partial charge in [-0.1, -0.05) is 38.0 Å². The zero-order valence-corrected chi connectivity index (χ0v) is 13.1. The molecule has 0 bridgehead atoms. The van der Waals surface area contributed by atoms with Crippen LogP contribution in [0.25, 0.3) is 10.9 Å². The maximum absolute atomic E-state index is 5.88. The van der Waals surface area contributed by atoms with Gasteiger partial charge in [0.2, 0.25) is 0 Å². The van der Waals surface area contributed by atoms with E-state index in [4.69, 9.17) is 10.9 Å². The summed E-state index contributed by atoms with van der Waals surface area (Å²) in [5.41, 5.74) is 5.77. The average Bonchev–Trinajstić information content (AvgIpc) is 3.09. The summed E-state index contributed by atoms with van der Waals surface area (Å²) in [5.74, 6) is 5.88. The van der Waals surface area contributed by atoms with Crippen LogP contribution >= 0.6 is 0 Å². The van der Waals surface area contributed by atoms with E-state index in [9.17, 15) is 0 Å². The Balaban J connectivity index is 1.93. The molecular weight excluding hydrogens is 260 g/mol. The Bertz CT molecular complexity index is 610. The highest BCUT2D eigenvalue weighted by Crippen LogP contribution is 2.41. The summed E-state index contributed by atoms with van der Waals surface area (Å²) in [7, 11) is 0. The van der Waals surface area contributed by atoms with E-state index in [0.29, 0.717) is 11.5 Å². The molecule has 1 aromatic carbocycles. The second-order valence-corrected chi connectivity index (χ2v) is 6.56. The lowest BCUT2D eigenvalue weighted by Crippen LogP contribution is -2.47. The van der Waals surface area contributed by atoms with Crippen LogP contribution in [0.3, 0.4) is 0 Å². The van der Waals surface area contributed by atoms with Crippen molar-refractivity contribution in [3.05, 3.63) is 30.0 Å². The van der Waals surface area contributed by atoms with Gasteiger partial charge < -0.3 is 0 Å². The molecule has 4 nitrogen and oxygen atoms in total. The number of nitrogens with zero attached hydrogens (tertiary/aromatic N) is 2. The SMILES string of the molecule is CCn1nc(CC(NN)C2(C)CCCC2)c2ccccc21. The van der Waals surface area contributed by atoms with Gasteiger partial charge in [0.25, 0.3) is 0 Å². The van der Waals surface area contributed by atoms with Gasteiger partial charge in [-0.2, -0.15) is 5.10 Å². The second kappa shape index (κ2) is 5.78. The van der Waals surface area contributed by atoms with Crippen LogP contribution in [0.1, 0.15) is 45.2 Å². The van der Waals surface area contributed by atoms with Crippen LogP contribution in [0.15, 0.2) is 24.3 Å². The van der Waals surface area contributed by atoms with Gasteiger partial charge >= 0.3 is 0 Å². The molecule has 0 aliphatic heterocycles. The predicted molar refractivity (Wildman–Crippen MR) is 86.8 cm³/mol. The molecule has 0 spiro atoms. The summed E-state index contributed by atoms with van der Waals surface area (Å²) < 4.78 is 2.09. The minimum Gasteiger partial charge on any atom is -0.271 e. The molecule has 1 aromatic heterocycles. The maximum atomic E-state index is 5.88. The first-order chi connectivity index (χ1) is 10.2. The van der Waals surface area contributed by atoms with Crippen molar-refractivity contribution >= 4 is 10.9 Å². The minimum atomic E-state index is 0.295. The fourth-order valence-electron chi connectivity index (χ4n) is 3.82.